The van der Waals surface area contributed by atoms with Gasteiger partial charge in [-0.1, -0.05) is 57.4 Å². The van der Waals surface area contributed by atoms with E-state index in [4.69, 9.17) is 0 Å². The first-order chi connectivity index (χ1) is 25.0. The van der Waals surface area contributed by atoms with Crippen molar-refractivity contribution in [2.45, 2.75) is 81.9 Å². The van der Waals surface area contributed by atoms with Crippen LogP contribution in [0.1, 0.15) is 92.9 Å². The van der Waals surface area contributed by atoms with Crippen LogP contribution in [0.5, 0.6) is 11.5 Å². The van der Waals surface area contributed by atoms with Gasteiger partial charge in [0.05, 0.1) is 22.5 Å². The van der Waals surface area contributed by atoms with E-state index in [1.807, 2.05) is 0 Å². The number of hydrogen-bond donors (Lipinski definition) is 4. The molecule has 4 aromatic rings. The van der Waals surface area contributed by atoms with Crippen molar-refractivity contribution in [2.75, 3.05) is 10.6 Å². The zero-order valence-corrected chi connectivity index (χ0v) is 41.3. The summed E-state index contributed by atoms with van der Waals surface area (Å²) in [6, 6.07) is 5.81. The van der Waals surface area contributed by atoms with Crippen molar-refractivity contribution < 1.29 is 147 Å². The van der Waals surface area contributed by atoms with Crippen LogP contribution < -0.4 is 110 Å². The largest absolute Gasteiger partial charge is 1.00 e. The number of rotatable bonds is 11. The van der Waals surface area contributed by atoms with E-state index >= 15 is 0 Å². The number of aryl methyl sites for hydroxylation is 4. The Bertz CT molecular complexity index is 2670. The van der Waals surface area contributed by atoms with Gasteiger partial charge in [-0.25, -0.2) is 8.42 Å². The molecule has 0 saturated heterocycles. The molecule has 0 fully saturated rings. The normalized spacial score (nSPS) is 12.4. The Balaban J connectivity index is 0.00000374. The Kier molecular flexibility index (Phi) is 16.9. The average molecular weight is 869 g/mol. The van der Waals surface area contributed by atoms with Crippen LogP contribution in [0.4, 0.5) is 22.7 Å². The monoisotopic (exact) mass is 868 g/mol. The first-order valence-electron chi connectivity index (χ1n) is 16.6. The van der Waals surface area contributed by atoms with Crippen LogP contribution in [0.25, 0.3) is 0 Å². The maximum atomic E-state index is 14.5. The fourth-order valence-electron chi connectivity index (χ4n) is 7.20. The molecule has 288 valence electrons. The maximum Gasteiger partial charge on any atom is 1.00 e. The number of hydrogen-bond acceptors (Lipinski definition) is 13. The van der Waals surface area contributed by atoms with E-state index in [-0.39, 0.29) is 157 Å². The molecule has 0 aromatic heterocycles. The van der Waals surface area contributed by atoms with Crippen LogP contribution >= 0.6 is 0 Å². The molecule has 0 amide bonds. The Labute approximate surface area is 397 Å². The molecule has 21 heteroatoms. The number of fused-ring (bicyclic) bond motifs is 2. The fourth-order valence-corrected chi connectivity index (χ4v) is 9.83. The zero-order valence-electron chi connectivity index (χ0n) is 32.8. The van der Waals surface area contributed by atoms with Gasteiger partial charge in [-0.2, -0.15) is 16.8 Å². The summed E-state index contributed by atoms with van der Waals surface area (Å²) in [5, 5.41) is 32.8. The molecular formula is C36H35N2Na3O13S3. The molecule has 4 N–H and O–H groups in total. The van der Waals surface area contributed by atoms with Crippen LogP contribution in [0, 0.1) is 13.8 Å². The van der Waals surface area contributed by atoms with E-state index in [9.17, 15) is 58.7 Å². The van der Waals surface area contributed by atoms with Gasteiger partial charge in [0, 0.05) is 27.4 Å². The smallest absolute Gasteiger partial charge is 0.872 e. The van der Waals surface area contributed by atoms with E-state index in [0.29, 0.717) is 24.0 Å². The third-order valence-electron chi connectivity index (χ3n) is 9.39. The van der Waals surface area contributed by atoms with Crippen molar-refractivity contribution in [2.24, 2.45) is 0 Å². The van der Waals surface area contributed by atoms with Crippen molar-refractivity contribution in [3.8, 4) is 11.5 Å². The van der Waals surface area contributed by atoms with Crippen LogP contribution in [-0.2, 0) is 56.0 Å². The van der Waals surface area contributed by atoms with Crippen LogP contribution in [0.15, 0.2) is 45.0 Å². The predicted molar refractivity (Wildman–Crippen MR) is 193 cm³/mol. The van der Waals surface area contributed by atoms with Gasteiger partial charge < -0.3 is 25.4 Å². The number of carbonyl (C=O) groups is 2. The van der Waals surface area contributed by atoms with Crippen LogP contribution in [0.2, 0.25) is 0 Å². The second-order valence-corrected chi connectivity index (χ2v) is 16.7. The maximum absolute atomic E-state index is 14.5. The molecule has 0 saturated carbocycles. The molecule has 0 atom stereocenters. The molecule has 0 radical (unpaired) electrons. The second-order valence-electron chi connectivity index (χ2n) is 12.7. The molecule has 0 bridgehead atoms. The number of ketones is 2. The molecule has 0 aliphatic heterocycles. The quantitative estimate of drug-likeness (QED) is 0.0719. The van der Waals surface area contributed by atoms with Crippen molar-refractivity contribution in [1.82, 2.24) is 0 Å². The second kappa shape index (κ2) is 18.8. The molecule has 0 unspecified atom stereocenters. The first-order valence-corrected chi connectivity index (χ1v) is 20.9. The summed E-state index contributed by atoms with van der Waals surface area (Å²) in [6.45, 7) is 9.74. The molecule has 0 spiro atoms. The molecule has 0 heterocycles. The van der Waals surface area contributed by atoms with Crippen molar-refractivity contribution in [3.05, 3.63) is 86.0 Å². The van der Waals surface area contributed by atoms with Crippen molar-refractivity contribution in [3.63, 3.8) is 0 Å². The summed E-state index contributed by atoms with van der Waals surface area (Å²) in [7, 11) is -15.2. The fraction of sp³-hybridized carbons (Fsp3) is 0.278. The number of anilines is 4. The summed E-state index contributed by atoms with van der Waals surface area (Å²) in [5.41, 5.74) is -1.51. The minimum atomic E-state index is -5.60. The minimum Gasteiger partial charge on any atom is -0.872 e. The van der Waals surface area contributed by atoms with E-state index in [2.05, 4.69) is 10.6 Å². The van der Waals surface area contributed by atoms with Gasteiger partial charge >= 0.3 is 88.7 Å². The number of nitrogens with one attached hydrogen (secondary N) is 2. The van der Waals surface area contributed by atoms with Gasteiger partial charge in [0.1, 0.15) is 19.9 Å². The SMILES string of the molecule is CCc1cc(C)c(S(=O)(=O)O)c(CC)c1Nc1ccc(Nc2c(CC)cc(C)c(S(=O)(=O)O)c2CC)c2c1C(=O)c1c([O-])cc(S(=O)(=O)[O-])c([O-])c1C2=O.[Na+].[Na+].[Na+]. The van der Waals surface area contributed by atoms with Crippen LogP contribution in [0.3, 0.4) is 0 Å². The molecule has 1 aliphatic carbocycles. The van der Waals surface area contributed by atoms with Crippen LogP contribution in [-0.4, -0.2) is 50.5 Å². The van der Waals surface area contributed by atoms with E-state index < -0.39 is 85.5 Å². The molecule has 57 heavy (non-hydrogen) atoms. The number of carbonyl (C=O) groups excluding carboxylic acids is 2. The van der Waals surface area contributed by atoms with E-state index in [1.54, 1.807) is 27.7 Å². The summed E-state index contributed by atoms with van der Waals surface area (Å²) in [5.74, 6) is -5.59. The van der Waals surface area contributed by atoms with Gasteiger partial charge in [-0.05, 0) is 85.0 Å². The first kappa shape index (κ1) is 51.3. The van der Waals surface area contributed by atoms with Gasteiger partial charge in [-0.15, -0.1) is 0 Å². The van der Waals surface area contributed by atoms with Gasteiger partial charge in [-0.3, -0.25) is 18.7 Å². The molecule has 5 rings (SSSR count). The van der Waals surface area contributed by atoms with E-state index in [0.717, 1.165) is 0 Å². The van der Waals surface area contributed by atoms with Gasteiger partial charge in [0.25, 0.3) is 20.2 Å². The van der Waals surface area contributed by atoms with Crippen molar-refractivity contribution >= 4 is 64.7 Å². The summed E-state index contributed by atoms with van der Waals surface area (Å²) in [4.78, 5) is 26.6. The van der Waals surface area contributed by atoms with Gasteiger partial charge in [0.15, 0.2) is 11.6 Å². The Morgan fingerprint density at radius 2 is 0.965 bits per heavy atom. The number of benzene rings is 4. The molecule has 15 nitrogen and oxygen atoms in total. The summed E-state index contributed by atoms with van der Waals surface area (Å²) < 4.78 is 106. The third kappa shape index (κ3) is 9.40. The van der Waals surface area contributed by atoms with Gasteiger partial charge in [0.2, 0.25) is 0 Å². The predicted octanol–water partition coefficient (Wildman–Crippen LogP) is -4.63. The Morgan fingerprint density at radius 1 is 0.596 bits per heavy atom. The molecule has 1 aliphatic rings. The standard InChI is InChI=1S/C36H38N2O13S3.3Na/c1-7-18-13-16(5)35(53(46,47)48)20(9-3)30(18)37-22-11-12-23(38-31-19(8-2)14-17(6)36(21(31)10-4)54(49,50)51)27-26(22)33(41)28-24(39)15-25(52(43,44)45)32(40)29(28)34(27)42;;;/h11-15,37-40H,7-10H2,1-6H3,(H,43,44,45)(H,46,47,48)(H,49,50,51);;;/q;3*+1/p-3. The minimum absolute atomic E-state index is 0. The Morgan fingerprint density at radius 3 is 1.28 bits per heavy atom. The summed E-state index contributed by atoms with van der Waals surface area (Å²) in [6.07, 6.45) is 0.724. The topological polar surface area (TPSA) is 270 Å². The molecular weight excluding hydrogens is 834 g/mol. The van der Waals surface area contributed by atoms with Crippen molar-refractivity contribution in [1.29, 1.82) is 0 Å². The summed E-state index contributed by atoms with van der Waals surface area (Å²) >= 11 is 0. The third-order valence-corrected chi connectivity index (χ3v) is 12.4. The zero-order chi connectivity index (χ0) is 40.4. The Hall–Kier alpha value is -1.85. The van der Waals surface area contributed by atoms with E-state index in [1.165, 1.54) is 38.1 Å². The average Bonchev–Trinajstić information content (AvgIpc) is 3.07. The molecule has 4 aromatic carbocycles.